The molecule has 9 aromatic rings. The van der Waals surface area contributed by atoms with Crippen molar-refractivity contribution in [1.29, 1.82) is 0 Å². The molecule has 6 aliphatic carbocycles. The Balaban J connectivity index is 1.20. The number of rotatable bonds is 2. The zero-order valence-corrected chi connectivity index (χ0v) is 52.1. The first-order chi connectivity index (χ1) is 38.2. The first-order valence-corrected chi connectivity index (χ1v) is 32.0. The fraction of sp³-hybridized carbons (Fsp3) is 0.474. The fourth-order valence-corrected chi connectivity index (χ4v) is 20.9. The second-order valence-corrected chi connectivity index (χ2v) is 32.7. The minimum atomic E-state index is -0.104. The molecule has 6 aromatic carbocycles. The number of aromatic nitrogens is 3. The predicted octanol–water partition coefficient (Wildman–Crippen LogP) is 14.9. The lowest BCUT2D eigenvalue weighted by Gasteiger charge is -2.48. The molecule has 2 aliphatic heterocycles. The number of benzene rings is 6. The topological polar surface area (TPSA) is 13.8 Å². The van der Waals surface area contributed by atoms with Crippen LogP contribution in [-0.4, -0.2) is 26.8 Å². The Bertz CT molecular complexity index is 4170. The lowest BCUT2D eigenvalue weighted by atomic mass is 9.30. The van der Waals surface area contributed by atoms with Gasteiger partial charge in [0.25, 0.3) is 0 Å². The minimum absolute atomic E-state index is 0.00293. The van der Waals surface area contributed by atoms with Crippen molar-refractivity contribution in [2.75, 3.05) is 0 Å². The Morgan fingerprint density at radius 1 is 0.432 bits per heavy atom. The highest BCUT2D eigenvalue weighted by atomic mass is 15.2. The van der Waals surface area contributed by atoms with E-state index in [1.54, 1.807) is 33.4 Å². The van der Waals surface area contributed by atoms with Gasteiger partial charge in [-0.15, -0.1) is 0 Å². The summed E-state index contributed by atoms with van der Waals surface area (Å²) < 4.78 is 8.81. The van der Waals surface area contributed by atoms with Crippen LogP contribution in [0.5, 0.6) is 0 Å². The van der Waals surface area contributed by atoms with Crippen molar-refractivity contribution in [3.8, 4) is 5.69 Å². The third kappa shape index (κ3) is 6.11. The van der Waals surface area contributed by atoms with Gasteiger partial charge in [-0.3, -0.25) is 13.4 Å². The number of fused-ring (bicyclic) bond motifs is 16. The average Bonchev–Trinajstić information content (AvgIpc) is 1.88. The van der Waals surface area contributed by atoms with Gasteiger partial charge in [-0.1, -0.05) is 157 Å². The Hall–Kier alpha value is -5.67. The van der Waals surface area contributed by atoms with Crippen LogP contribution in [-0.2, 0) is 27.1 Å². The van der Waals surface area contributed by atoms with Crippen LogP contribution in [0.1, 0.15) is 218 Å². The molecule has 0 amide bonds. The molecule has 0 radical (unpaired) electrons. The van der Waals surface area contributed by atoms with Gasteiger partial charge in [-0.2, -0.15) is 0 Å². The maximum absolute atomic E-state index is 2.95. The van der Waals surface area contributed by atoms with Gasteiger partial charge < -0.3 is 0 Å². The number of hydrogen-bond acceptors (Lipinski definition) is 0. The van der Waals surface area contributed by atoms with E-state index in [1.165, 1.54) is 179 Å². The van der Waals surface area contributed by atoms with Crippen molar-refractivity contribution in [2.24, 2.45) is 17.3 Å². The van der Waals surface area contributed by atoms with E-state index in [0.717, 1.165) is 11.8 Å². The summed E-state index contributed by atoms with van der Waals surface area (Å²) in [7, 11) is 0. The number of hydrogen-bond donors (Lipinski definition) is 0. The standard InChI is InChI=1S/C76H85B2N3/c1-39-22-41(3)64(42(4)23-39)77-58-29-47(71(7,8)9)30-59-68(58)81-69-66(77)52-31-54-56(74(14,15)20-18-72(54,10)11)35-60(52)79(69)62-33-50-45-26-48-28-49-27-46(38-76(48,49)37-45)51(50)34-63(62)80-61-36-57-55(73(12,13)19-21-75(57,16)17)32-53(61)67(70(80)81)78(59)65-43(5)24-40(2)25-44(65)6/h22-25,29-36,45-46,48-49H,18-21,26-28,37-38H2,1-17H3. The van der Waals surface area contributed by atoms with Crippen molar-refractivity contribution >= 4 is 90.3 Å². The van der Waals surface area contributed by atoms with Crippen LogP contribution < -0.4 is 32.8 Å². The highest BCUT2D eigenvalue weighted by Crippen LogP contribution is 2.76. The van der Waals surface area contributed by atoms with Crippen LogP contribution in [0.15, 0.2) is 72.8 Å². The number of nitrogens with zero attached hydrogens (tertiary/aromatic N) is 3. The molecule has 0 saturated heterocycles. The molecule has 3 aromatic heterocycles. The van der Waals surface area contributed by atoms with Crippen molar-refractivity contribution in [3.05, 3.63) is 145 Å². The van der Waals surface area contributed by atoms with E-state index in [1.807, 2.05) is 0 Å². The van der Waals surface area contributed by atoms with Crippen LogP contribution in [0.4, 0.5) is 0 Å². The third-order valence-electron chi connectivity index (χ3n) is 25.0. The molecule has 410 valence electrons. The highest BCUT2D eigenvalue weighted by molar-refractivity contribution is 7.03. The monoisotopic (exact) mass is 1060 g/mol. The van der Waals surface area contributed by atoms with E-state index in [4.69, 9.17) is 0 Å². The smallest absolute Gasteiger partial charge is 0.250 e. The molecule has 3 fully saturated rings. The Labute approximate surface area is 483 Å². The van der Waals surface area contributed by atoms with Crippen LogP contribution in [0.25, 0.3) is 49.8 Å². The summed E-state index contributed by atoms with van der Waals surface area (Å²) in [6.07, 6.45) is 11.8. The summed E-state index contributed by atoms with van der Waals surface area (Å²) in [5, 5.41) is 2.90. The molecule has 1 spiro atoms. The fourth-order valence-electron chi connectivity index (χ4n) is 20.9. The van der Waals surface area contributed by atoms with E-state index in [-0.39, 0.29) is 40.5 Å². The van der Waals surface area contributed by atoms with Crippen molar-refractivity contribution in [1.82, 2.24) is 13.4 Å². The van der Waals surface area contributed by atoms with E-state index in [2.05, 4.69) is 204 Å². The van der Waals surface area contributed by atoms with Crippen molar-refractivity contribution in [3.63, 3.8) is 0 Å². The Morgan fingerprint density at radius 3 is 1.17 bits per heavy atom. The minimum Gasteiger partial charge on any atom is -0.294 e. The van der Waals surface area contributed by atoms with Crippen LogP contribution in [0.2, 0.25) is 0 Å². The Kier molecular flexibility index (Phi) is 9.34. The molecular formula is C76H85B2N3. The van der Waals surface area contributed by atoms with Gasteiger partial charge in [0.15, 0.2) is 0 Å². The molecule has 81 heavy (non-hydrogen) atoms. The summed E-state index contributed by atoms with van der Waals surface area (Å²) in [5.41, 5.74) is 38.7. The molecule has 5 heterocycles. The molecule has 3 nitrogen and oxygen atoms in total. The van der Waals surface area contributed by atoms with E-state index >= 15 is 0 Å². The molecule has 3 bridgehead atoms. The maximum atomic E-state index is 2.95. The molecule has 5 heteroatoms. The summed E-state index contributed by atoms with van der Waals surface area (Å²) in [4.78, 5) is 0. The second kappa shape index (κ2) is 15.2. The molecule has 4 atom stereocenters. The third-order valence-corrected chi connectivity index (χ3v) is 25.0. The van der Waals surface area contributed by atoms with Crippen molar-refractivity contribution in [2.45, 2.75) is 214 Å². The molecule has 4 unspecified atom stereocenters. The zero-order valence-electron chi connectivity index (χ0n) is 52.1. The average molecular weight is 1060 g/mol. The zero-order chi connectivity index (χ0) is 56.2. The van der Waals surface area contributed by atoms with Crippen LogP contribution in [0.3, 0.4) is 0 Å². The van der Waals surface area contributed by atoms with Gasteiger partial charge in [0.1, 0.15) is 11.3 Å². The SMILES string of the molecule is Cc1cc(C)c(B2c3cc(C(C)(C)C)cc4c3-n3c5c2c2cc6c(cc2n5c2cc5c(cc2n2c7cc8c(cc7c(c32)B4c2c(C)cc(C)cc2C)C(C)(C)CCC8(C)C)C2CC3CC4CC5CC43C2)C(C)(C)CCC6(C)C)c(C)c1. The summed E-state index contributed by atoms with van der Waals surface area (Å²) >= 11 is 0. The van der Waals surface area contributed by atoms with Gasteiger partial charge in [-0.05, 0) is 263 Å². The summed E-state index contributed by atoms with van der Waals surface area (Å²) in [5.74, 6) is 3.08. The second-order valence-electron chi connectivity index (χ2n) is 32.7. The van der Waals surface area contributed by atoms with Gasteiger partial charge in [0.05, 0.1) is 22.1 Å². The quantitative estimate of drug-likeness (QED) is 0.153. The van der Waals surface area contributed by atoms with Gasteiger partial charge >= 0.3 is 0 Å². The lowest BCUT2D eigenvalue weighted by molar-refractivity contribution is 0.00322. The van der Waals surface area contributed by atoms with Gasteiger partial charge in [0.2, 0.25) is 13.4 Å². The van der Waals surface area contributed by atoms with E-state index in [0.29, 0.717) is 17.3 Å². The van der Waals surface area contributed by atoms with Crippen molar-refractivity contribution < 1.29 is 0 Å². The molecule has 8 aliphatic rings. The van der Waals surface area contributed by atoms with Gasteiger partial charge in [0, 0.05) is 5.69 Å². The van der Waals surface area contributed by atoms with E-state index in [9.17, 15) is 0 Å². The molecular weight excluding hydrogens is 976 g/mol. The lowest BCUT2D eigenvalue weighted by Crippen LogP contribution is -2.64. The maximum Gasteiger partial charge on any atom is 0.250 e. The molecule has 3 saturated carbocycles. The molecule has 17 rings (SSSR count). The largest absolute Gasteiger partial charge is 0.294 e. The predicted molar refractivity (Wildman–Crippen MR) is 347 cm³/mol. The highest BCUT2D eigenvalue weighted by Gasteiger charge is 2.65. The first-order valence-electron chi connectivity index (χ1n) is 32.0. The van der Waals surface area contributed by atoms with Crippen LogP contribution in [0, 0.1) is 58.8 Å². The first kappa shape index (κ1) is 49.9. The van der Waals surface area contributed by atoms with Gasteiger partial charge in [-0.25, -0.2) is 0 Å². The summed E-state index contributed by atoms with van der Waals surface area (Å²) in [6.45, 7) is 42.2. The number of aryl methyl sites for hydroxylation is 6. The summed E-state index contributed by atoms with van der Waals surface area (Å²) in [6, 6.07) is 32.3. The van der Waals surface area contributed by atoms with E-state index < -0.39 is 0 Å². The van der Waals surface area contributed by atoms with Crippen LogP contribution >= 0.6 is 0 Å². The molecule has 0 N–H and O–H groups in total. The normalized spacial score (nSPS) is 25.3. The Morgan fingerprint density at radius 2 is 0.802 bits per heavy atom.